The highest BCUT2D eigenvalue weighted by Crippen LogP contribution is 2.15. The highest BCUT2D eigenvalue weighted by molar-refractivity contribution is 5.86. The molecule has 0 aromatic carbocycles. The molecule has 0 fully saturated rings. The van der Waals surface area contributed by atoms with E-state index in [4.69, 9.17) is 4.74 Å². The quantitative estimate of drug-likeness (QED) is 0.0712. The number of halogens is 1. The Balaban J connectivity index is 0. The summed E-state index contributed by atoms with van der Waals surface area (Å²) >= 11 is 0. The van der Waals surface area contributed by atoms with Crippen LogP contribution in [-0.4, -0.2) is 43.2 Å². The first kappa shape index (κ1) is 32.1. The van der Waals surface area contributed by atoms with E-state index in [9.17, 15) is 4.79 Å². The molecular formula is C26H52INO2. The molecule has 0 bridgehead atoms. The zero-order chi connectivity index (χ0) is 21.8. The minimum absolute atomic E-state index is 0. The number of nitrogens with zero attached hydrogens (tertiary/aromatic N) is 1. The molecule has 0 saturated carbocycles. The number of hydrogen-bond acceptors (Lipinski definition) is 2. The maximum Gasteiger partial charge on any atom is 0.333 e. The first-order chi connectivity index (χ1) is 14.0. The molecule has 0 aromatic heterocycles. The largest absolute Gasteiger partial charge is 1.00 e. The molecule has 0 unspecified atom stereocenters. The van der Waals surface area contributed by atoms with Gasteiger partial charge in [0.05, 0.1) is 19.6 Å². The van der Waals surface area contributed by atoms with Crippen molar-refractivity contribution in [1.29, 1.82) is 0 Å². The molecule has 0 aliphatic carbocycles. The highest BCUT2D eigenvalue weighted by Gasteiger charge is 2.23. The van der Waals surface area contributed by atoms with Gasteiger partial charge in [-0.2, -0.15) is 0 Å². The summed E-state index contributed by atoms with van der Waals surface area (Å²) in [4.78, 5) is 11.6. The number of quaternary nitrogens is 1. The van der Waals surface area contributed by atoms with Crippen molar-refractivity contribution in [3.63, 3.8) is 0 Å². The van der Waals surface area contributed by atoms with E-state index in [0.29, 0.717) is 12.2 Å². The van der Waals surface area contributed by atoms with Crippen LogP contribution in [0, 0.1) is 0 Å². The second kappa shape index (κ2) is 22.1. The van der Waals surface area contributed by atoms with Crippen molar-refractivity contribution in [2.45, 2.75) is 118 Å². The molecule has 0 atom stereocenters. The number of ether oxygens (including phenoxy) is 1. The highest BCUT2D eigenvalue weighted by atomic mass is 127. The maximum absolute atomic E-state index is 11.6. The van der Waals surface area contributed by atoms with Gasteiger partial charge in [-0.25, -0.2) is 4.79 Å². The number of carbonyl (C=O) groups excluding carboxylic acids is 1. The summed E-state index contributed by atoms with van der Waals surface area (Å²) in [5, 5.41) is 0. The Kier molecular flexibility index (Phi) is 23.6. The number of likely N-dealkylation sites (N-methyl/N-ethyl adjacent to an activating group) is 1. The maximum atomic E-state index is 11.6. The molecule has 4 heteroatoms. The lowest BCUT2D eigenvalue weighted by molar-refractivity contribution is -0.925. The molecule has 0 radical (unpaired) electrons. The number of esters is 1. The van der Waals surface area contributed by atoms with Gasteiger partial charge in [-0.1, -0.05) is 90.6 Å². The molecule has 0 amide bonds. The van der Waals surface area contributed by atoms with Gasteiger partial charge >= 0.3 is 5.97 Å². The van der Waals surface area contributed by atoms with Crippen LogP contribution in [0.4, 0.5) is 0 Å². The van der Waals surface area contributed by atoms with Gasteiger partial charge in [0.25, 0.3) is 0 Å². The van der Waals surface area contributed by atoms with Gasteiger partial charge in [-0.05, 0) is 33.6 Å². The van der Waals surface area contributed by atoms with E-state index in [2.05, 4.69) is 27.4 Å². The van der Waals surface area contributed by atoms with Crippen LogP contribution in [0.15, 0.2) is 12.2 Å². The SMILES string of the molecule is C=C(C)C(=O)OCC[N+](CC)(CC)CCCCCCCCCCCCCCCC.[I-]. The van der Waals surface area contributed by atoms with Crippen molar-refractivity contribution in [3.05, 3.63) is 12.2 Å². The minimum Gasteiger partial charge on any atom is -1.00 e. The first-order valence-corrected chi connectivity index (χ1v) is 12.7. The van der Waals surface area contributed by atoms with Crippen LogP contribution < -0.4 is 24.0 Å². The predicted molar refractivity (Wildman–Crippen MR) is 127 cm³/mol. The van der Waals surface area contributed by atoms with Crippen molar-refractivity contribution < 1.29 is 38.0 Å². The zero-order valence-corrected chi connectivity index (χ0v) is 22.9. The third-order valence-corrected chi connectivity index (χ3v) is 6.47. The summed E-state index contributed by atoms with van der Waals surface area (Å²) in [5.41, 5.74) is 0.489. The van der Waals surface area contributed by atoms with Crippen molar-refractivity contribution in [2.24, 2.45) is 0 Å². The van der Waals surface area contributed by atoms with E-state index in [1.807, 2.05) is 0 Å². The fourth-order valence-corrected chi connectivity index (χ4v) is 4.06. The molecule has 0 spiro atoms. The molecule has 0 heterocycles. The number of hydrogen-bond donors (Lipinski definition) is 0. The molecular weight excluding hydrogens is 485 g/mol. The number of unbranched alkanes of at least 4 members (excludes halogenated alkanes) is 13. The lowest BCUT2D eigenvalue weighted by atomic mass is 10.0. The average Bonchev–Trinajstić information content (AvgIpc) is 2.72. The summed E-state index contributed by atoms with van der Waals surface area (Å²) in [6.07, 6.45) is 19.6. The van der Waals surface area contributed by atoms with Gasteiger partial charge in [0.1, 0.15) is 13.2 Å². The third-order valence-electron chi connectivity index (χ3n) is 6.47. The van der Waals surface area contributed by atoms with Crippen LogP contribution in [0.5, 0.6) is 0 Å². The van der Waals surface area contributed by atoms with Crippen LogP contribution in [0.2, 0.25) is 0 Å². The molecule has 30 heavy (non-hydrogen) atoms. The van der Waals surface area contributed by atoms with E-state index in [-0.39, 0.29) is 29.9 Å². The second-order valence-corrected chi connectivity index (χ2v) is 8.93. The summed E-state index contributed by atoms with van der Waals surface area (Å²) in [6.45, 7) is 17.0. The zero-order valence-electron chi connectivity index (χ0n) is 20.8. The molecule has 0 aliphatic heterocycles. The van der Waals surface area contributed by atoms with Crippen LogP contribution in [0.3, 0.4) is 0 Å². The molecule has 0 N–H and O–H groups in total. The van der Waals surface area contributed by atoms with Gasteiger partial charge in [0.2, 0.25) is 0 Å². The lowest BCUT2D eigenvalue weighted by Crippen LogP contribution is -3.00. The van der Waals surface area contributed by atoms with E-state index in [0.717, 1.165) is 24.1 Å². The van der Waals surface area contributed by atoms with Gasteiger partial charge in [-0.15, -0.1) is 0 Å². The van der Waals surface area contributed by atoms with E-state index >= 15 is 0 Å². The molecule has 0 rings (SSSR count). The number of carbonyl (C=O) groups is 1. The summed E-state index contributed by atoms with van der Waals surface area (Å²) < 4.78 is 6.39. The van der Waals surface area contributed by atoms with Crippen LogP contribution in [-0.2, 0) is 9.53 Å². The standard InChI is InChI=1S/C26H52NO2.HI/c1-6-9-10-11-12-13-14-15-16-17-18-19-20-21-22-27(7-2,8-3)23-24-29-26(28)25(4)5;/h4,6-24H2,1-3,5H3;1H/q+1;/p-1. The Bertz CT molecular complexity index is 408. The van der Waals surface area contributed by atoms with Gasteiger partial charge in [0, 0.05) is 5.57 Å². The van der Waals surface area contributed by atoms with E-state index in [1.54, 1.807) is 6.92 Å². The molecule has 0 aromatic rings. The second-order valence-electron chi connectivity index (χ2n) is 8.93. The average molecular weight is 538 g/mol. The van der Waals surface area contributed by atoms with Crippen LogP contribution >= 0.6 is 0 Å². The fraction of sp³-hybridized carbons (Fsp3) is 0.885. The Labute approximate surface area is 206 Å². The van der Waals surface area contributed by atoms with Crippen LogP contribution in [0.1, 0.15) is 118 Å². The van der Waals surface area contributed by atoms with Crippen molar-refractivity contribution >= 4 is 5.97 Å². The van der Waals surface area contributed by atoms with Gasteiger partial charge < -0.3 is 33.2 Å². The number of rotatable bonds is 21. The Hall–Kier alpha value is -0.100. The topological polar surface area (TPSA) is 26.3 Å². The normalized spacial score (nSPS) is 11.2. The minimum atomic E-state index is -0.258. The molecule has 3 nitrogen and oxygen atoms in total. The summed E-state index contributed by atoms with van der Waals surface area (Å²) in [7, 11) is 0. The predicted octanol–water partition coefficient (Wildman–Crippen LogP) is 4.45. The molecule has 0 saturated heterocycles. The van der Waals surface area contributed by atoms with Crippen LogP contribution in [0.25, 0.3) is 0 Å². The summed E-state index contributed by atoms with van der Waals surface area (Å²) in [5.74, 6) is -0.258. The van der Waals surface area contributed by atoms with E-state index < -0.39 is 0 Å². The molecule has 0 aliphatic rings. The van der Waals surface area contributed by atoms with E-state index in [1.165, 1.54) is 96.4 Å². The Morgan fingerprint density at radius 1 is 0.700 bits per heavy atom. The molecule has 180 valence electrons. The Morgan fingerprint density at radius 3 is 1.47 bits per heavy atom. The monoisotopic (exact) mass is 537 g/mol. The van der Waals surface area contributed by atoms with Gasteiger partial charge in [0.15, 0.2) is 0 Å². The smallest absolute Gasteiger partial charge is 0.333 e. The van der Waals surface area contributed by atoms with Crippen molar-refractivity contribution in [2.75, 3.05) is 32.8 Å². The van der Waals surface area contributed by atoms with Gasteiger partial charge in [-0.3, -0.25) is 0 Å². The lowest BCUT2D eigenvalue weighted by Gasteiger charge is -2.36. The summed E-state index contributed by atoms with van der Waals surface area (Å²) in [6, 6.07) is 0. The first-order valence-electron chi connectivity index (χ1n) is 12.7. The van der Waals surface area contributed by atoms with Crippen molar-refractivity contribution in [1.82, 2.24) is 0 Å². The fourth-order valence-electron chi connectivity index (χ4n) is 4.06. The third kappa shape index (κ3) is 17.6. The van der Waals surface area contributed by atoms with Crippen molar-refractivity contribution in [3.8, 4) is 0 Å². The Morgan fingerprint density at radius 2 is 1.10 bits per heavy atom.